The predicted molar refractivity (Wildman–Crippen MR) is 128 cm³/mol. The van der Waals surface area contributed by atoms with Crippen LogP contribution in [0.3, 0.4) is 0 Å². The molecule has 2 aromatic carbocycles. The number of hydrogen-bond acceptors (Lipinski definition) is 5. The smallest absolute Gasteiger partial charge is 0.264 e. The summed E-state index contributed by atoms with van der Waals surface area (Å²) in [5.41, 5.74) is 3.10. The molecule has 0 aliphatic carbocycles. The van der Waals surface area contributed by atoms with Gasteiger partial charge in [-0.25, -0.2) is 23.1 Å². The normalized spacial score (nSPS) is 12.3. The molecule has 162 valence electrons. The van der Waals surface area contributed by atoms with Gasteiger partial charge in [0.2, 0.25) is 5.95 Å². The van der Waals surface area contributed by atoms with Crippen molar-refractivity contribution in [1.82, 2.24) is 15.3 Å². The number of nitrogens with zero attached hydrogens (tertiary/aromatic N) is 2. The van der Waals surface area contributed by atoms with Gasteiger partial charge in [-0.1, -0.05) is 38.1 Å². The lowest BCUT2D eigenvalue weighted by Crippen LogP contribution is -2.30. The molecule has 0 aliphatic rings. The average molecular weight is 456 g/mol. The zero-order chi connectivity index (χ0) is 22.4. The molecule has 9 heteroatoms. The fourth-order valence-corrected chi connectivity index (χ4v) is 4.12. The molecule has 0 saturated heterocycles. The third-order valence-electron chi connectivity index (χ3n) is 4.66. The van der Waals surface area contributed by atoms with E-state index in [1.807, 2.05) is 6.92 Å². The minimum atomic E-state index is -3.77. The first-order valence-corrected chi connectivity index (χ1v) is 11.7. The molecule has 0 radical (unpaired) electrons. The molecule has 0 bridgehead atoms. The van der Waals surface area contributed by atoms with Gasteiger partial charge in [-0.05, 0) is 66.5 Å². The van der Waals surface area contributed by atoms with Gasteiger partial charge in [0.25, 0.3) is 10.0 Å². The van der Waals surface area contributed by atoms with Crippen LogP contribution in [-0.4, -0.2) is 23.5 Å². The first kappa shape index (κ1) is 22.6. The van der Waals surface area contributed by atoms with Crippen LogP contribution in [0.2, 0.25) is 0 Å². The molecule has 1 heterocycles. The Bertz CT molecular complexity index is 1120. The molecule has 3 aromatic rings. The van der Waals surface area contributed by atoms with Gasteiger partial charge in [0, 0.05) is 18.1 Å². The molecular formula is C22H25N5O2S2. The van der Waals surface area contributed by atoms with Crippen molar-refractivity contribution in [3.05, 3.63) is 78.1 Å². The number of hydrogen-bond donors (Lipinski definition) is 3. The number of benzene rings is 2. The summed E-state index contributed by atoms with van der Waals surface area (Å²) in [7, 11) is -3.77. The fraction of sp³-hybridized carbons (Fsp3) is 0.227. The Kier molecular flexibility index (Phi) is 7.19. The van der Waals surface area contributed by atoms with E-state index in [1.54, 1.807) is 18.2 Å². The van der Waals surface area contributed by atoms with Crippen LogP contribution in [0.25, 0.3) is 0 Å². The third-order valence-corrected chi connectivity index (χ3v) is 6.23. The molecule has 0 fully saturated rings. The highest BCUT2D eigenvalue weighted by atomic mass is 32.2. The van der Waals surface area contributed by atoms with Gasteiger partial charge >= 0.3 is 0 Å². The Hall–Kier alpha value is -3.04. The molecule has 3 N–H and O–H groups in total. The van der Waals surface area contributed by atoms with Crippen LogP contribution in [-0.2, 0) is 10.0 Å². The lowest BCUT2D eigenvalue weighted by molar-refractivity contribution is 0.601. The summed E-state index contributed by atoms with van der Waals surface area (Å²) < 4.78 is 27.2. The quantitative estimate of drug-likeness (QED) is 0.453. The van der Waals surface area contributed by atoms with E-state index in [2.05, 4.69) is 63.4 Å². The molecular weight excluding hydrogens is 430 g/mol. The summed E-state index contributed by atoms with van der Waals surface area (Å²) >= 11 is 5.40. The second-order valence-corrected chi connectivity index (χ2v) is 9.43. The Balaban J connectivity index is 1.59. The van der Waals surface area contributed by atoms with Crippen molar-refractivity contribution in [3.8, 4) is 0 Å². The van der Waals surface area contributed by atoms with Crippen molar-refractivity contribution < 1.29 is 8.42 Å². The number of anilines is 2. The van der Waals surface area contributed by atoms with Crippen molar-refractivity contribution in [1.29, 1.82) is 0 Å². The molecule has 0 amide bonds. The van der Waals surface area contributed by atoms with E-state index in [0.29, 0.717) is 16.7 Å². The van der Waals surface area contributed by atoms with Crippen molar-refractivity contribution in [2.24, 2.45) is 0 Å². The molecule has 0 aliphatic heterocycles. The fourth-order valence-electron chi connectivity index (χ4n) is 2.87. The Morgan fingerprint density at radius 3 is 2.06 bits per heavy atom. The van der Waals surface area contributed by atoms with E-state index in [1.165, 1.54) is 30.1 Å². The highest BCUT2D eigenvalue weighted by molar-refractivity contribution is 7.92. The van der Waals surface area contributed by atoms with Gasteiger partial charge in [-0.15, -0.1) is 0 Å². The van der Waals surface area contributed by atoms with Gasteiger partial charge in [-0.2, -0.15) is 0 Å². The van der Waals surface area contributed by atoms with Crippen molar-refractivity contribution in [3.63, 3.8) is 0 Å². The lowest BCUT2D eigenvalue weighted by Gasteiger charge is -2.18. The molecule has 0 saturated carbocycles. The van der Waals surface area contributed by atoms with Crippen LogP contribution >= 0.6 is 12.2 Å². The van der Waals surface area contributed by atoms with E-state index in [-0.39, 0.29) is 16.9 Å². The van der Waals surface area contributed by atoms with Crippen LogP contribution in [0, 0.1) is 0 Å². The SMILES string of the molecule is CC(C)c1ccc(C(C)NC(=S)Nc2ccc(S(=O)(=O)Nc3ncccn3)cc2)cc1. The van der Waals surface area contributed by atoms with E-state index < -0.39 is 10.0 Å². The predicted octanol–water partition coefficient (Wildman–Crippen LogP) is 4.45. The highest BCUT2D eigenvalue weighted by Gasteiger charge is 2.15. The van der Waals surface area contributed by atoms with Crippen LogP contribution in [0.1, 0.15) is 43.9 Å². The van der Waals surface area contributed by atoms with E-state index in [0.717, 1.165) is 5.56 Å². The zero-order valence-corrected chi connectivity index (χ0v) is 19.2. The monoisotopic (exact) mass is 455 g/mol. The molecule has 1 atom stereocenters. The largest absolute Gasteiger partial charge is 0.356 e. The molecule has 1 unspecified atom stereocenters. The number of rotatable bonds is 7. The van der Waals surface area contributed by atoms with Crippen molar-refractivity contribution in [2.75, 3.05) is 10.0 Å². The summed E-state index contributed by atoms with van der Waals surface area (Å²) in [4.78, 5) is 7.85. The third kappa shape index (κ3) is 6.22. The average Bonchev–Trinajstić information content (AvgIpc) is 2.74. The maximum absolute atomic E-state index is 12.5. The molecule has 3 rings (SSSR count). The number of nitrogens with one attached hydrogen (secondary N) is 3. The van der Waals surface area contributed by atoms with E-state index in [4.69, 9.17) is 12.2 Å². The summed E-state index contributed by atoms with van der Waals surface area (Å²) in [5, 5.41) is 6.78. The first-order chi connectivity index (χ1) is 14.7. The first-order valence-electron chi connectivity index (χ1n) is 9.82. The topological polar surface area (TPSA) is 96.0 Å². The summed E-state index contributed by atoms with van der Waals surface area (Å²) in [6.45, 7) is 6.36. The number of aromatic nitrogens is 2. The van der Waals surface area contributed by atoms with E-state index >= 15 is 0 Å². The summed E-state index contributed by atoms with van der Waals surface area (Å²) in [6.07, 6.45) is 2.93. The van der Waals surface area contributed by atoms with Crippen LogP contribution < -0.4 is 15.4 Å². The van der Waals surface area contributed by atoms with E-state index in [9.17, 15) is 8.42 Å². The van der Waals surface area contributed by atoms with Crippen molar-refractivity contribution >= 4 is 39.0 Å². The summed E-state index contributed by atoms with van der Waals surface area (Å²) in [5.74, 6) is 0.507. The Morgan fingerprint density at radius 1 is 0.903 bits per heavy atom. The van der Waals surface area contributed by atoms with Crippen molar-refractivity contribution in [2.45, 2.75) is 37.6 Å². The van der Waals surface area contributed by atoms with Crippen LogP contribution in [0.4, 0.5) is 11.6 Å². The second kappa shape index (κ2) is 9.84. The Morgan fingerprint density at radius 2 is 1.48 bits per heavy atom. The van der Waals surface area contributed by atoms with Gasteiger partial charge < -0.3 is 10.6 Å². The molecule has 31 heavy (non-hydrogen) atoms. The Labute approximate surface area is 188 Å². The van der Waals surface area contributed by atoms with Gasteiger partial charge in [0.05, 0.1) is 10.9 Å². The molecule has 7 nitrogen and oxygen atoms in total. The number of thiocarbonyl (C=S) groups is 1. The maximum atomic E-state index is 12.5. The standard InChI is InChI=1S/C22H25N5O2S2/c1-15(2)17-5-7-18(8-6-17)16(3)25-22(30)26-19-9-11-20(12-10-19)31(28,29)27-21-23-13-4-14-24-21/h4-16H,1-3H3,(H,23,24,27)(H2,25,26,30). The van der Waals surface area contributed by atoms with Crippen LogP contribution in [0.5, 0.6) is 0 Å². The minimum absolute atomic E-state index is 0.0190. The van der Waals surface area contributed by atoms with Crippen LogP contribution in [0.15, 0.2) is 71.9 Å². The molecule has 0 spiro atoms. The minimum Gasteiger partial charge on any atom is -0.356 e. The van der Waals surface area contributed by atoms with Gasteiger partial charge in [0.1, 0.15) is 0 Å². The zero-order valence-electron chi connectivity index (χ0n) is 17.5. The number of sulfonamides is 1. The summed E-state index contributed by atoms with van der Waals surface area (Å²) in [6, 6.07) is 16.4. The van der Waals surface area contributed by atoms with Gasteiger partial charge in [-0.3, -0.25) is 0 Å². The maximum Gasteiger partial charge on any atom is 0.264 e. The highest BCUT2D eigenvalue weighted by Crippen LogP contribution is 2.19. The second-order valence-electron chi connectivity index (χ2n) is 7.34. The lowest BCUT2D eigenvalue weighted by atomic mass is 10.00. The molecule has 1 aromatic heterocycles. The van der Waals surface area contributed by atoms with Gasteiger partial charge in [0.15, 0.2) is 5.11 Å².